The largest absolute Gasteiger partial charge is 0.494 e. The second-order valence-electron chi connectivity index (χ2n) is 7.45. The highest BCUT2D eigenvalue weighted by Crippen LogP contribution is 2.38. The summed E-state index contributed by atoms with van der Waals surface area (Å²) in [5, 5.41) is 6.67. The van der Waals surface area contributed by atoms with Gasteiger partial charge < -0.3 is 34.3 Å². The van der Waals surface area contributed by atoms with E-state index < -0.39 is 0 Å². The fourth-order valence-corrected chi connectivity index (χ4v) is 3.73. The Hall–Kier alpha value is -3.29. The van der Waals surface area contributed by atoms with Crippen LogP contribution in [0.5, 0.6) is 28.7 Å². The lowest BCUT2D eigenvalue weighted by atomic mass is 10.1. The van der Waals surface area contributed by atoms with Crippen molar-refractivity contribution < 1.29 is 23.7 Å². The zero-order chi connectivity index (χ0) is 23.1. The molecule has 2 aromatic carbocycles. The third kappa shape index (κ3) is 5.30. The molecule has 1 atom stereocenters. The van der Waals surface area contributed by atoms with Crippen LogP contribution in [0.25, 0.3) is 0 Å². The lowest BCUT2D eigenvalue weighted by Crippen LogP contribution is -2.36. The van der Waals surface area contributed by atoms with Crippen LogP contribution in [0.15, 0.2) is 29.3 Å². The molecule has 0 aliphatic carbocycles. The zero-order valence-electron chi connectivity index (χ0n) is 19.7. The van der Waals surface area contributed by atoms with Crippen LogP contribution in [0.2, 0.25) is 0 Å². The number of nitrogens with zero attached hydrogens (tertiary/aromatic N) is 1. The number of benzene rings is 2. The molecule has 1 heterocycles. The maximum absolute atomic E-state index is 5.92. The average molecular weight is 444 g/mol. The number of fused-ring (bicyclic) bond motifs is 1. The fourth-order valence-electron chi connectivity index (χ4n) is 3.73. The Labute approximate surface area is 189 Å². The summed E-state index contributed by atoms with van der Waals surface area (Å²) in [5.41, 5.74) is 3.18. The summed E-state index contributed by atoms with van der Waals surface area (Å²) in [4.78, 5) is 4.33. The lowest BCUT2D eigenvalue weighted by molar-refractivity contribution is 0.254. The second kappa shape index (κ2) is 10.8. The summed E-state index contributed by atoms with van der Waals surface area (Å²) in [6.45, 7) is 5.75. The molecular weight excluding hydrogens is 410 g/mol. The van der Waals surface area contributed by atoms with Gasteiger partial charge in [-0.25, -0.2) is 0 Å². The van der Waals surface area contributed by atoms with E-state index in [0.717, 1.165) is 29.0 Å². The van der Waals surface area contributed by atoms with Crippen LogP contribution in [0, 0.1) is 0 Å². The van der Waals surface area contributed by atoms with Crippen LogP contribution >= 0.6 is 0 Å². The molecule has 0 radical (unpaired) electrons. The standard InChI is InChI=1S/C24H33N3O5/c1-7-31-19-11-17-8-15(2)32-20(17)12-18(19)14-27-24(25-3)26-13-16-9-21(28-4)23(30-6)22(10-16)29-5/h9-12,15H,7-8,13-14H2,1-6H3,(H2,25,26,27). The Bertz CT molecular complexity index is 936. The first-order valence-corrected chi connectivity index (χ1v) is 10.7. The van der Waals surface area contributed by atoms with E-state index in [1.165, 1.54) is 5.56 Å². The number of methoxy groups -OCH3 is 3. The van der Waals surface area contributed by atoms with Gasteiger partial charge in [0.1, 0.15) is 17.6 Å². The van der Waals surface area contributed by atoms with Crippen molar-refractivity contribution in [3.8, 4) is 28.7 Å². The van der Waals surface area contributed by atoms with Crippen LogP contribution in [0.4, 0.5) is 0 Å². The highest BCUT2D eigenvalue weighted by molar-refractivity contribution is 5.79. The minimum Gasteiger partial charge on any atom is -0.494 e. The Morgan fingerprint density at radius 2 is 1.69 bits per heavy atom. The van der Waals surface area contributed by atoms with Gasteiger partial charge in [0.15, 0.2) is 17.5 Å². The highest BCUT2D eigenvalue weighted by Gasteiger charge is 2.22. The summed E-state index contributed by atoms with van der Waals surface area (Å²) in [7, 11) is 6.53. The van der Waals surface area contributed by atoms with Crippen LogP contribution in [0.3, 0.4) is 0 Å². The average Bonchev–Trinajstić information content (AvgIpc) is 3.17. The van der Waals surface area contributed by atoms with Crippen molar-refractivity contribution in [1.29, 1.82) is 0 Å². The Morgan fingerprint density at radius 1 is 1.00 bits per heavy atom. The first-order chi connectivity index (χ1) is 15.5. The van der Waals surface area contributed by atoms with E-state index in [1.54, 1.807) is 28.4 Å². The molecule has 0 fully saturated rings. The van der Waals surface area contributed by atoms with Gasteiger partial charge in [0, 0.05) is 37.7 Å². The molecule has 8 heteroatoms. The van der Waals surface area contributed by atoms with Gasteiger partial charge in [-0.15, -0.1) is 0 Å². The van der Waals surface area contributed by atoms with Crippen LogP contribution in [-0.2, 0) is 19.5 Å². The van der Waals surface area contributed by atoms with Crippen molar-refractivity contribution in [1.82, 2.24) is 10.6 Å². The number of aliphatic imine (C=N–C) groups is 1. The van der Waals surface area contributed by atoms with Gasteiger partial charge in [-0.3, -0.25) is 4.99 Å². The van der Waals surface area contributed by atoms with Gasteiger partial charge in [0.05, 0.1) is 27.9 Å². The van der Waals surface area contributed by atoms with Crippen molar-refractivity contribution >= 4 is 5.96 Å². The predicted molar refractivity (Wildman–Crippen MR) is 125 cm³/mol. The normalized spacial score (nSPS) is 14.9. The van der Waals surface area contributed by atoms with E-state index in [0.29, 0.717) is 42.9 Å². The smallest absolute Gasteiger partial charge is 0.203 e. The van der Waals surface area contributed by atoms with Gasteiger partial charge >= 0.3 is 0 Å². The van der Waals surface area contributed by atoms with Crippen molar-refractivity contribution in [2.75, 3.05) is 35.0 Å². The van der Waals surface area contributed by atoms with Crippen molar-refractivity contribution in [2.24, 2.45) is 4.99 Å². The monoisotopic (exact) mass is 443 g/mol. The number of rotatable bonds is 9. The molecule has 32 heavy (non-hydrogen) atoms. The highest BCUT2D eigenvalue weighted by atomic mass is 16.5. The second-order valence-corrected chi connectivity index (χ2v) is 7.45. The number of guanidine groups is 1. The Morgan fingerprint density at radius 3 is 2.28 bits per heavy atom. The molecule has 1 unspecified atom stereocenters. The molecule has 0 saturated heterocycles. The number of hydrogen-bond donors (Lipinski definition) is 2. The minimum absolute atomic E-state index is 0.190. The van der Waals surface area contributed by atoms with Crippen LogP contribution < -0.4 is 34.3 Å². The molecule has 0 spiro atoms. The molecule has 3 rings (SSSR count). The van der Waals surface area contributed by atoms with E-state index in [-0.39, 0.29) is 6.10 Å². The third-order valence-electron chi connectivity index (χ3n) is 5.23. The fraction of sp³-hybridized carbons (Fsp3) is 0.458. The maximum Gasteiger partial charge on any atom is 0.203 e. The minimum atomic E-state index is 0.190. The van der Waals surface area contributed by atoms with E-state index in [4.69, 9.17) is 23.7 Å². The van der Waals surface area contributed by atoms with E-state index in [1.807, 2.05) is 19.1 Å². The predicted octanol–water partition coefficient (Wildman–Crippen LogP) is 3.30. The van der Waals surface area contributed by atoms with Gasteiger partial charge in [-0.1, -0.05) is 0 Å². The topological polar surface area (TPSA) is 82.6 Å². The quantitative estimate of drug-likeness (QED) is 0.455. The molecule has 0 aromatic heterocycles. The van der Waals surface area contributed by atoms with Crippen molar-refractivity contribution in [3.63, 3.8) is 0 Å². The third-order valence-corrected chi connectivity index (χ3v) is 5.23. The first kappa shape index (κ1) is 23.4. The summed E-state index contributed by atoms with van der Waals surface area (Å²) in [6, 6.07) is 7.97. The lowest BCUT2D eigenvalue weighted by Gasteiger charge is -2.17. The maximum atomic E-state index is 5.92. The van der Waals surface area contributed by atoms with Gasteiger partial charge in [-0.05, 0) is 43.7 Å². The van der Waals surface area contributed by atoms with E-state index in [9.17, 15) is 0 Å². The first-order valence-electron chi connectivity index (χ1n) is 10.7. The molecule has 1 aliphatic rings. The molecule has 2 aromatic rings. The molecule has 8 nitrogen and oxygen atoms in total. The molecule has 0 amide bonds. The Balaban J connectivity index is 1.68. The molecule has 1 aliphatic heterocycles. The number of nitrogens with one attached hydrogen (secondary N) is 2. The summed E-state index contributed by atoms with van der Waals surface area (Å²) < 4.78 is 28.0. The van der Waals surface area contributed by atoms with Gasteiger partial charge in [0.2, 0.25) is 5.75 Å². The number of hydrogen-bond acceptors (Lipinski definition) is 6. The Kier molecular flexibility index (Phi) is 7.92. The van der Waals surface area contributed by atoms with E-state index in [2.05, 4.69) is 34.7 Å². The summed E-state index contributed by atoms with van der Waals surface area (Å²) >= 11 is 0. The van der Waals surface area contributed by atoms with Crippen molar-refractivity contribution in [2.45, 2.75) is 39.5 Å². The summed E-state index contributed by atoms with van der Waals surface area (Å²) in [6.07, 6.45) is 1.09. The molecular formula is C24H33N3O5. The zero-order valence-corrected chi connectivity index (χ0v) is 19.7. The van der Waals surface area contributed by atoms with Crippen molar-refractivity contribution in [3.05, 3.63) is 41.0 Å². The van der Waals surface area contributed by atoms with Crippen LogP contribution in [-0.4, -0.2) is 47.0 Å². The number of ether oxygens (including phenoxy) is 5. The molecule has 2 N–H and O–H groups in total. The summed E-state index contributed by atoms with van der Waals surface area (Å²) in [5.74, 6) is 4.25. The molecule has 0 bridgehead atoms. The van der Waals surface area contributed by atoms with Crippen LogP contribution in [0.1, 0.15) is 30.5 Å². The SMILES string of the molecule is CCOc1cc2c(cc1CNC(=NC)NCc1cc(OC)c(OC)c(OC)c1)OC(C)C2. The molecule has 174 valence electrons. The van der Waals surface area contributed by atoms with E-state index >= 15 is 0 Å². The molecule has 0 saturated carbocycles. The van der Waals surface area contributed by atoms with Gasteiger partial charge in [0.25, 0.3) is 0 Å². The van der Waals surface area contributed by atoms with Gasteiger partial charge in [-0.2, -0.15) is 0 Å².